The van der Waals surface area contributed by atoms with E-state index in [2.05, 4.69) is 16.0 Å². The molecule has 0 atom stereocenters. The number of aromatic nitrogens is 1. The predicted molar refractivity (Wildman–Crippen MR) is 80.3 cm³/mol. The zero-order chi connectivity index (χ0) is 13.0. The summed E-state index contributed by atoms with van der Waals surface area (Å²) in [6.07, 6.45) is 7.53. The molecule has 0 aliphatic carbocycles. The van der Waals surface area contributed by atoms with Crippen LogP contribution in [0, 0.1) is 0 Å². The molecule has 0 aliphatic heterocycles. The summed E-state index contributed by atoms with van der Waals surface area (Å²) in [6.45, 7) is 3.94. The van der Waals surface area contributed by atoms with Crippen molar-refractivity contribution in [3.8, 4) is 0 Å². The Morgan fingerprint density at radius 1 is 1.28 bits per heavy atom. The average molecular weight is 259 g/mol. The molecule has 0 fully saturated rings. The molecule has 1 N–H and O–H groups in total. The standard InChI is InChI=1S/C15H15ClN2/c1-3-7-17-10-11(4-2)14-8-12-5-6-13(16)9-15(12)18-14/h3-10,18H,1-2H3/b7-3-,11-4+,17-10-. The molecular weight excluding hydrogens is 244 g/mol. The highest BCUT2D eigenvalue weighted by atomic mass is 35.5. The van der Waals surface area contributed by atoms with E-state index in [-0.39, 0.29) is 0 Å². The van der Waals surface area contributed by atoms with Crippen molar-refractivity contribution in [2.24, 2.45) is 4.99 Å². The Hall–Kier alpha value is -1.80. The molecule has 1 heterocycles. The summed E-state index contributed by atoms with van der Waals surface area (Å²) in [6, 6.07) is 7.93. The zero-order valence-electron chi connectivity index (χ0n) is 10.4. The van der Waals surface area contributed by atoms with Crippen LogP contribution in [-0.4, -0.2) is 11.2 Å². The molecule has 92 valence electrons. The van der Waals surface area contributed by atoms with Gasteiger partial charge >= 0.3 is 0 Å². The van der Waals surface area contributed by atoms with Gasteiger partial charge in [0.1, 0.15) is 0 Å². The summed E-state index contributed by atoms with van der Waals surface area (Å²) in [5.74, 6) is 0. The lowest BCUT2D eigenvalue weighted by atomic mass is 10.2. The number of rotatable bonds is 3. The first kappa shape index (κ1) is 12.7. The van der Waals surface area contributed by atoms with Gasteiger partial charge in [0.2, 0.25) is 0 Å². The van der Waals surface area contributed by atoms with Gasteiger partial charge in [-0.3, -0.25) is 4.99 Å². The highest BCUT2D eigenvalue weighted by Crippen LogP contribution is 2.23. The largest absolute Gasteiger partial charge is 0.354 e. The van der Waals surface area contributed by atoms with E-state index in [9.17, 15) is 0 Å². The summed E-state index contributed by atoms with van der Waals surface area (Å²) in [7, 11) is 0. The molecule has 0 radical (unpaired) electrons. The van der Waals surface area contributed by atoms with Crippen molar-refractivity contribution in [3.63, 3.8) is 0 Å². The van der Waals surface area contributed by atoms with Gasteiger partial charge in [0.05, 0.1) is 0 Å². The number of aliphatic imine (C=N–C) groups is 1. The second kappa shape index (κ2) is 5.69. The number of hydrogen-bond acceptors (Lipinski definition) is 1. The van der Waals surface area contributed by atoms with Crippen LogP contribution in [-0.2, 0) is 0 Å². The van der Waals surface area contributed by atoms with Crippen molar-refractivity contribution in [3.05, 3.63) is 53.3 Å². The molecule has 0 aliphatic rings. The summed E-state index contributed by atoms with van der Waals surface area (Å²) in [4.78, 5) is 7.55. The monoisotopic (exact) mass is 258 g/mol. The van der Waals surface area contributed by atoms with Gasteiger partial charge in [-0.05, 0) is 32.0 Å². The number of halogens is 1. The molecule has 1 aromatic heterocycles. The first-order valence-electron chi connectivity index (χ1n) is 5.84. The van der Waals surface area contributed by atoms with Crippen LogP contribution in [0.1, 0.15) is 19.5 Å². The van der Waals surface area contributed by atoms with E-state index in [0.29, 0.717) is 0 Å². The first-order valence-corrected chi connectivity index (χ1v) is 6.21. The SMILES string of the molecule is C\C=C/N=C\C(=C/C)c1cc2ccc(Cl)cc2[nH]1. The lowest BCUT2D eigenvalue weighted by molar-refractivity contribution is 1.41. The minimum atomic E-state index is 0.737. The summed E-state index contributed by atoms with van der Waals surface area (Å²) < 4.78 is 0. The van der Waals surface area contributed by atoms with E-state index >= 15 is 0 Å². The molecule has 0 saturated carbocycles. The highest BCUT2D eigenvalue weighted by molar-refractivity contribution is 6.31. The van der Waals surface area contributed by atoms with Crippen LogP contribution < -0.4 is 0 Å². The van der Waals surface area contributed by atoms with Crippen molar-refractivity contribution in [1.82, 2.24) is 4.98 Å². The van der Waals surface area contributed by atoms with Gasteiger partial charge in [-0.1, -0.05) is 29.8 Å². The van der Waals surface area contributed by atoms with E-state index in [1.165, 1.54) is 0 Å². The van der Waals surface area contributed by atoms with E-state index in [0.717, 1.165) is 27.2 Å². The fourth-order valence-corrected chi connectivity index (χ4v) is 1.94. The third kappa shape index (κ3) is 2.71. The fourth-order valence-electron chi connectivity index (χ4n) is 1.76. The molecule has 0 saturated heterocycles. The normalized spacial score (nSPS) is 13.2. The van der Waals surface area contributed by atoms with Gasteiger partial charge in [0.15, 0.2) is 0 Å². The maximum absolute atomic E-state index is 5.97. The molecule has 2 aromatic rings. The fraction of sp³-hybridized carbons (Fsp3) is 0.133. The first-order chi connectivity index (χ1) is 8.74. The Morgan fingerprint density at radius 3 is 2.83 bits per heavy atom. The van der Waals surface area contributed by atoms with Crippen LogP contribution in [0.3, 0.4) is 0 Å². The molecule has 18 heavy (non-hydrogen) atoms. The van der Waals surface area contributed by atoms with Crippen molar-refractivity contribution < 1.29 is 0 Å². The second-order valence-electron chi connectivity index (χ2n) is 3.92. The van der Waals surface area contributed by atoms with Crippen molar-refractivity contribution >= 4 is 34.3 Å². The Morgan fingerprint density at radius 2 is 2.11 bits per heavy atom. The lowest BCUT2D eigenvalue weighted by Gasteiger charge is -1.95. The molecule has 2 rings (SSSR count). The number of aromatic amines is 1. The second-order valence-corrected chi connectivity index (χ2v) is 4.36. The Balaban J connectivity index is 2.40. The molecule has 0 spiro atoms. The van der Waals surface area contributed by atoms with Crippen LogP contribution in [0.25, 0.3) is 16.5 Å². The van der Waals surface area contributed by atoms with Crippen LogP contribution in [0.2, 0.25) is 5.02 Å². The number of nitrogens with one attached hydrogen (secondary N) is 1. The van der Waals surface area contributed by atoms with Gasteiger partial charge in [0.25, 0.3) is 0 Å². The molecule has 0 bridgehead atoms. The Bertz CT molecular complexity index is 633. The maximum Gasteiger partial charge on any atom is 0.0477 e. The summed E-state index contributed by atoms with van der Waals surface area (Å²) >= 11 is 5.97. The van der Waals surface area contributed by atoms with E-state index in [1.807, 2.05) is 50.4 Å². The van der Waals surface area contributed by atoms with Crippen molar-refractivity contribution in [1.29, 1.82) is 0 Å². The van der Waals surface area contributed by atoms with Gasteiger partial charge < -0.3 is 4.98 Å². The van der Waals surface area contributed by atoms with Gasteiger partial charge in [-0.25, -0.2) is 0 Å². The van der Waals surface area contributed by atoms with Crippen molar-refractivity contribution in [2.45, 2.75) is 13.8 Å². The summed E-state index contributed by atoms with van der Waals surface area (Å²) in [5.41, 5.74) is 3.14. The molecule has 3 heteroatoms. The molecule has 0 unspecified atom stereocenters. The molecule has 2 nitrogen and oxygen atoms in total. The Labute approximate surface area is 112 Å². The third-order valence-electron chi connectivity index (χ3n) is 2.66. The number of allylic oxidation sites excluding steroid dienone is 3. The van der Waals surface area contributed by atoms with Crippen molar-refractivity contribution in [2.75, 3.05) is 0 Å². The number of fused-ring (bicyclic) bond motifs is 1. The number of H-pyrrole nitrogens is 1. The topological polar surface area (TPSA) is 28.1 Å². The summed E-state index contributed by atoms with van der Waals surface area (Å²) in [5, 5.41) is 1.88. The van der Waals surface area contributed by atoms with E-state index < -0.39 is 0 Å². The zero-order valence-corrected chi connectivity index (χ0v) is 11.2. The average Bonchev–Trinajstić information content (AvgIpc) is 2.77. The van der Waals surface area contributed by atoms with Crippen LogP contribution in [0.15, 0.2) is 47.6 Å². The smallest absolute Gasteiger partial charge is 0.0477 e. The van der Waals surface area contributed by atoms with Gasteiger partial charge in [0, 0.05) is 39.6 Å². The molecule has 0 amide bonds. The number of nitrogens with zero attached hydrogens (tertiary/aromatic N) is 1. The maximum atomic E-state index is 5.97. The quantitative estimate of drug-likeness (QED) is 0.764. The van der Waals surface area contributed by atoms with Gasteiger partial charge in [-0.2, -0.15) is 0 Å². The van der Waals surface area contributed by atoms with Crippen LogP contribution in [0.5, 0.6) is 0 Å². The lowest BCUT2D eigenvalue weighted by Crippen LogP contribution is -1.84. The predicted octanol–water partition coefficient (Wildman–Crippen LogP) is 4.83. The van der Waals surface area contributed by atoms with E-state index in [4.69, 9.17) is 11.6 Å². The van der Waals surface area contributed by atoms with E-state index in [1.54, 1.807) is 6.20 Å². The molecule has 1 aromatic carbocycles. The minimum absolute atomic E-state index is 0.737. The van der Waals surface area contributed by atoms with Gasteiger partial charge in [-0.15, -0.1) is 0 Å². The number of benzene rings is 1. The van der Waals surface area contributed by atoms with Crippen LogP contribution in [0.4, 0.5) is 0 Å². The third-order valence-corrected chi connectivity index (χ3v) is 2.89. The molecular formula is C15H15ClN2. The Kier molecular flexibility index (Phi) is 4.00. The van der Waals surface area contributed by atoms with Crippen LogP contribution >= 0.6 is 11.6 Å². The minimum Gasteiger partial charge on any atom is -0.354 e. The highest BCUT2D eigenvalue weighted by Gasteiger charge is 2.03. The number of hydrogen-bond donors (Lipinski definition) is 1.